The molecule has 0 amide bonds. The Morgan fingerprint density at radius 3 is 2.95 bits per heavy atom. The first kappa shape index (κ1) is 12.7. The maximum Gasteiger partial charge on any atom is 0.258 e. The molecule has 20 heavy (non-hydrogen) atoms. The van der Waals surface area contributed by atoms with Gasteiger partial charge in [-0.3, -0.25) is 0 Å². The Labute approximate surface area is 115 Å². The lowest BCUT2D eigenvalue weighted by molar-refractivity contribution is 0.187. The molecule has 9 heteroatoms. The molecule has 0 bridgehead atoms. The summed E-state index contributed by atoms with van der Waals surface area (Å²) in [5.41, 5.74) is 0. The number of aromatic nitrogens is 6. The maximum absolute atomic E-state index is 5.35. The lowest BCUT2D eigenvalue weighted by atomic mass is 10.1. The predicted molar refractivity (Wildman–Crippen MR) is 71.7 cm³/mol. The number of anilines is 2. The number of ether oxygens (including phenoxy) is 1. The fourth-order valence-electron chi connectivity index (χ4n) is 1.95. The molecular formula is C11H16N8O. The third kappa shape index (κ3) is 2.82. The van der Waals surface area contributed by atoms with Crippen LogP contribution in [-0.2, 0) is 4.74 Å². The third-order valence-corrected chi connectivity index (χ3v) is 3.04. The van der Waals surface area contributed by atoms with Crippen molar-refractivity contribution in [2.45, 2.75) is 6.42 Å². The second kappa shape index (κ2) is 5.78. The molecule has 0 aliphatic carbocycles. The summed E-state index contributed by atoms with van der Waals surface area (Å²) in [7, 11) is 1.76. The molecule has 0 aromatic carbocycles. The minimum absolute atomic E-state index is 0.423. The van der Waals surface area contributed by atoms with Crippen LogP contribution in [-0.4, -0.2) is 56.5 Å². The zero-order valence-electron chi connectivity index (χ0n) is 11.2. The van der Waals surface area contributed by atoms with Crippen molar-refractivity contribution in [1.82, 2.24) is 29.7 Å². The van der Waals surface area contributed by atoms with Crippen molar-refractivity contribution in [1.29, 1.82) is 0 Å². The van der Waals surface area contributed by atoms with Gasteiger partial charge in [-0.1, -0.05) is 0 Å². The Kier molecular flexibility index (Phi) is 3.68. The smallest absolute Gasteiger partial charge is 0.258 e. The van der Waals surface area contributed by atoms with E-state index in [1.165, 1.54) is 11.0 Å². The molecule has 1 fully saturated rings. The lowest BCUT2D eigenvalue weighted by Gasteiger charge is -2.11. The van der Waals surface area contributed by atoms with Gasteiger partial charge in [-0.15, -0.1) is 0 Å². The van der Waals surface area contributed by atoms with Crippen molar-refractivity contribution in [2.24, 2.45) is 5.92 Å². The van der Waals surface area contributed by atoms with E-state index in [1.54, 1.807) is 13.4 Å². The molecule has 0 radical (unpaired) electrons. The Morgan fingerprint density at radius 1 is 1.35 bits per heavy atom. The number of nitrogens with one attached hydrogen (secondary N) is 2. The van der Waals surface area contributed by atoms with Gasteiger partial charge in [0.2, 0.25) is 11.9 Å². The molecule has 1 saturated heterocycles. The van der Waals surface area contributed by atoms with E-state index in [0.29, 0.717) is 23.8 Å². The molecule has 0 spiro atoms. The Balaban J connectivity index is 1.77. The molecule has 2 aromatic heterocycles. The van der Waals surface area contributed by atoms with Crippen LogP contribution in [0, 0.1) is 5.92 Å². The van der Waals surface area contributed by atoms with Crippen LogP contribution in [0.25, 0.3) is 5.95 Å². The molecule has 1 aliphatic rings. The zero-order chi connectivity index (χ0) is 13.8. The second-order valence-corrected chi connectivity index (χ2v) is 4.48. The van der Waals surface area contributed by atoms with Crippen LogP contribution in [0.15, 0.2) is 12.7 Å². The van der Waals surface area contributed by atoms with Crippen LogP contribution in [0.2, 0.25) is 0 Å². The molecule has 9 nitrogen and oxygen atoms in total. The average molecular weight is 276 g/mol. The fourth-order valence-corrected chi connectivity index (χ4v) is 1.95. The van der Waals surface area contributed by atoms with Gasteiger partial charge in [0.05, 0.1) is 6.61 Å². The van der Waals surface area contributed by atoms with Crippen LogP contribution in [0.1, 0.15) is 6.42 Å². The summed E-state index contributed by atoms with van der Waals surface area (Å²) >= 11 is 0. The molecule has 1 aliphatic heterocycles. The van der Waals surface area contributed by atoms with Crippen LogP contribution in [0.3, 0.4) is 0 Å². The molecule has 1 unspecified atom stereocenters. The van der Waals surface area contributed by atoms with Gasteiger partial charge in [-0.2, -0.15) is 24.7 Å². The highest BCUT2D eigenvalue weighted by molar-refractivity contribution is 5.37. The van der Waals surface area contributed by atoms with Gasteiger partial charge in [0.25, 0.3) is 5.95 Å². The predicted octanol–water partition coefficient (Wildman–Crippen LogP) is -0.0576. The van der Waals surface area contributed by atoms with Crippen molar-refractivity contribution in [2.75, 3.05) is 37.4 Å². The fraction of sp³-hybridized carbons (Fsp3) is 0.545. The minimum Gasteiger partial charge on any atom is -0.381 e. The standard InChI is InChI=1S/C11H16N8O/c1-12-9-16-10(14-4-8-2-3-20-5-8)18-11(17-9)19-7-13-6-15-19/h6-8H,2-5H2,1H3,(H2,12,14,16,17,18). The van der Waals surface area contributed by atoms with Crippen molar-refractivity contribution in [3.8, 4) is 5.95 Å². The van der Waals surface area contributed by atoms with Gasteiger partial charge < -0.3 is 15.4 Å². The normalized spacial score (nSPS) is 18.1. The van der Waals surface area contributed by atoms with Gasteiger partial charge in [0, 0.05) is 26.1 Å². The van der Waals surface area contributed by atoms with E-state index in [2.05, 4.69) is 35.7 Å². The molecule has 0 saturated carbocycles. The highest BCUT2D eigenvalue weighted by Gasteiger charge is 2.16. The Bertz CT molecular complexity index is 552. The number of rotatable bonds is 5. The van der Waals surface area contributed by atoms with E-state index >= 15 is 0 Å². The number of hydrogen-bond donors (Lipinski definition) is 2. The molecule has 2 aromatic rings. The van der Waals surface area contributed by atoms with Crippen molar-refractivity contribution in [3.05, 3.63) is 12.7 Å². The first-order valence-corrected chi connectivity index (χ1v) is 6.45. The Hall–Kier alpha value is -2.29. The lowest BCUT2D eigenvalue weighted by Crippen LogP contribution is -2.17. The van der Waals surface area contributed by atoms with Gasteiger partial charge >= 0.3 is 0 Å². The SMILES string of the molecule is CNc1nc(NCC2CCOC2)nc(-n2cncn2)n1. The quantitative estimate of drug-likeness (QED) is 0.783. The van der Waals surface area contributed by atoms with Crippen LogP contribution in [0.5, 0.6) is 0 Å². The van der Waals surface area contributed by atoms with Crippen molar-refractivity contribution in [3.63, 3.8) is 0 Å². The monoisotopic (exact) mass is 276 g/mol. The average Bonchev–Trinajstić information content (AvgIpc) is 3.17. The molecule has 3 heterocycles. The van der Waals surface area contributed by atoms with Gasteiger partial charge in [0.15, 0.2) is 0 Å². The summed E-state index contributed by atoms with van der Waals surface area (Å²) < 4.78 is 6.84. The van der Waals surface area contributed by atoms with Crippen molar-refractivity contribution >= 4 is 11.9 Å². The summed E-state index contributed by atoms with van der Waals surface area (Å²) in [5, 5.41) is 10.1. The first-order valence-electron chi connectivity index (χ1n) is 6.45. The van der Waals surface area contributed by atoms with E-state index in [0.717, 1.165) is 26.2 Å². The number of nitrogens with zero attached hydrogens (tertiary/aromatic N) is 6. The summed E-state index contributed by atoms with van der Waals surface area (Å²) in [6.45, 7) is 2.40. The molecular weight excluding hydrogens is 260 g/mol. The van der Waals surface area contributed by atoms with Crippen LogP contribution in [0.4, 0.5) is 11.9 Å². The van der Waals surface area contributed by atoms with E-state index in [-0.39, 0.29) is 0 Å². The van der Waals surface area contributed by atoms with Gasteiger partial charge in [-0.05, 0) is 6.42 Å². The zero-order valence-corrected chi connectivity index (χ0v) is 11.2. The molecule has 1 atom stereocenters. The Morgan fingerprint density at radius 2 is 2.25 bits per heavy atom. The van der Waals surface area contributed by atoms with E-state index in [4.69, 9.17) is 4.74 Å². The number of hydrogen-bond acceptors (Lipinski definition) is 8. The van der Waals surface area contributed by atoms with Gasteiger partial charge in [0.1, 0.15) is 12.7 Å². The molecule has 2 N–H and O–H groups in total. The largest absolute Gasteiger partial charge is 0.381 e. The maximum atomic E-state index is 5.35. The molecule has 106 valence electrons. The highest BCUT2D eigenvalue weighted by Crippen LogP contribution is 2.13. The molecule has 3 rings (SSSR count). The van der Waals surface area contributed by atoms with Crippen LogP contribution < -0.4 is 10.6 Å². The summed E-state index contributed by atoms with van der Waals surface area (Å²) in [4.78, 5) is 16.7. The summed E-state index contributed by atoms with van der Waals surface area (Å²) in [5.74, 6) is 1.92. The highest BCUT2D eigenvalue weighted by atomic mass is 16.5. The van der Waals surface area contributed by atoms with Crippen LogP contribution >= 0.6 is 0 Å². The minimum atomic E-state index is 0.423. The van der Waals surface area contributed by atoms with Gasteiger partial charge in [-0.25, -0.2) is 4.98 Å². The van der Waals surface area contributed by atoms with E-state index in [1.807, 2.05) is 0 Å². The third-order valence-electron chi connectivity index (χ3n) is 3.04. The summed E-state index contributed by atoms with van der Waals surface area (Å²) in [6, 6.07) is 0. The first-order chi connectivity index (χ1) is 9.85. The van der Waals surface area contributed by atoms with Crippen molar-refractivity contribution < 1.29 is 4.74 Å². The van der Waals surface area contributed by atoms with E-state index < -0.39 is 0 Å². The topological polar surface area (TPSA) is 103 Å². The van der Waals surface area contributed by atoms with E-state index in [9.17, 15) is 0 Å². The second-order valence-electron chi connectivity index (χ2n) is 4.48. The summed E-state index contributed by atoms with van der Waals surface area (Å²) in [6.07, 6.45) is 4.04.